The third-order valence-corrected chi connectivity index (χ3v) is 9.74. The number of benzene rings is 3. The lowest BCUT2D eigenvalue weighted by molar-refractivity contribution is 0.141. The molecule has 0 saturated heterocycles. The molecule has 0 saturated carbocycles. The van der Waals surface area contributed by atoms with E-state index >= 15 is 0 Å². The molecular formula is C31H34N4O6S2. The van der Waals surface area contributed by atoms with Gasteiger partial charge in [0, 0.05) is 17.5 Å². The zero-order valence-electron chi connectivity index (χ0n) is 24.3. The topological polar surface area (TPSA) is 124 Å². The summed E-state index contributed by atoms with van der Waals surface area (Å²) in [5.41, 5.74) is 4.71. The van der Waals surface area contributed by atoms with Crippen LogP contribution in [0.1, 0.15) is 45.1 Å². The zero-order chi connectivity index (χ0) is 30.6. The normalized spacial score (nSPS) is 11.7. The molecule has 0 unspecified atom stereocenters. The lowest BCUT2D eigenvalue weighted by Gasteiger charge is -2.24. The number of sulfonamides is 1. The number of aromatic nitrogens is 3. The van der Waals surface area contributed by atoms with E-state index in [-0.39, 0.29) is 18.2 Å². The van der Waals surface area contributed by atoms with Crippen molar-refractivity contribution >= 4 is 55.5 Å². The first-order chi connectivity index (χ1) is 20.8. The number of hydrogen-bond donors (Lipinski definition) is 1. The fraction of sp³-hybridized carbons (Fsp3) is 0.323. The van der Waals surface area contributed by atoms with E-state index in [0.717, 1.165) is 41.2 Å². The minimum absolute atomic E-state index is 0.0486. The van der Waals surface area contributed by atoms with Gasteiger partial charge in [0.25, 0.3) is 0 Å². The van der Waals surface area contributed by atoms with Crippen molar-refractivity contribution in [2.24, 2.45) is 0 Å². The molecule has 2 heterocycles. The number of nitrogens with zero attached hydrogens (tertiary/aromatic N) is 4. The van der Waals surface area contributed by atoms with Gasteiger partial charge in [0.2, 0.25) is 15.9 Å². The third-order valence-electron chi connectivity index (χ3n) is 7.31. The van der Waals surface area contributed by atoms with E-state index < -0.39 is 16.2 Å². The number of rotatable bonds is 13. The van der Waals surface area contributed by atoms with E-state index in [1.54, 1.807) is 23.8 Å². The summed E-state index contributed by atoms with van der Waals surface area (Å²) in [5, 5.41) is 10.5. The number of anilines is 1. The molecule has 0 aliphatic rings. The molecule has 0 amide bonds. The number of hydrogen-bond acceptors (Lipinski definition) is 8. The van der Waals surface area contributed by atoms with Gasteiger partial charge >= 0.3 is 6.16 Å². The third kappa shape index (κ3) is 6.30. The maximum Gasteiger partial charge on any atom is 0.512 e. The Morgan fingerprint density at radius 3 is 2.51 bits per heavy atom. The van der Waals surface area contributed by atoms with Crippen LogP contribution < -0.4 is 13.8 Å². The second kappa shape index (κ2) is 13.0. The highest BCUT2D eigenvalue weighted by molar-refractivity contribution is 7.92. The Bertz CT molecular complexity index is 1870. The molecule has 10 nitrogen and oxygen atoms in total. The van der Waals surface area contributed by atoms with Crippen molar-refractivity contribution in [3.05, 3.63) is 66.2 Å². The minimum atomic E-state index is -3.59. The van der Waals surface area contributed by atoms with Gasteiger partial charge in [-0.1, -0.05) is 51.0 Å². The second-order valence-corrected chi connectivity index (χ2v) is 12.8. The number of unbranched alkanes of at least 4 members (excludes halogenated alkanes) is 2. The standard InChI is InChI=1S/C31H34N4O6S2/c1-4-6-16-35(43(38,39)17-7-5-2)22-13-15-27-24(19-22)29(23-10-8-9-11-28(23)40-3)30(41-31(36)37)34(27)20-21-12-14-25-26(18-21)33-42-32-25/h8-15,18-19H,4-7,16-17,20H2,1-3H3,(H,36,37). The molecule has 43 heavy (non-hydrogen) atoms. The molecule has 3 aromatic carbocycles. The second-order valence-electron chi connectivity index (χ2n) is 10.2. The van der Waals surface area contributed by atoms with Crippen LogP contribution in [0.3, 0.4) is 0 Å². The van der Waals surface area contributed by atoms with Crippen LogP contribution in [-0.2, 0) is 16.6 Å². The van der Waals surface area contributed by atoms with Gasteiger partial charge in [0.15, 0.2) is 0 Å². The molecule has 2 aromatic heterocycles. The predicted octanol–water partition coefficient (Wildman–Crippen LogP) is 7.16. The summed E-state index contributed by atoms with van der Waals surface area (Å²) in [7, 11) is -2.04. The van der Waals surface area contributed by atoms with Gasteiger partial charge in [0.05, 0.1) is 47.9 Å². The van der Waals surface area contributed by atoms with Crippen LogP contribution in [0.15, 0.2) is 60.7 Å². The highest BCUT2D eigenvalue weighted by Crippen LogP contribution is 2.45. The summed E-state index contributed by atoms with van der Waals surface area (Å²) in [6.45, 7) is 4.61. The van der Waals surface area contributed by atoms with Gasteiger partial charge in [-0.2, -0.15) is 8.75 Å². The number of carboxylic acid groups (broad SMARTS) is 1. The molecule has 226 valence electrons. The Kier molecular flexibility index (Phi) is 9.16. The van der Waals surface area contributed by atoms with Crippen LogP contribution in [0.25, 0.3) is 33.1 Å². The van der Waals surface area contributed by atoms with Gasteiger partial charge in [-0.05, 0) is 54.8 Å². The molecule has 12 heteroatoms. The SMILES string of the molecule is CCCCN(c1ccc2c(c1)c(-c1ccccc1OC)c(OC(=O)O)n2Cc1ccc2nsnc2c1)S(=O)(=O)CCCC. The summed E-state index contributed by atoms with van der Waals surface area (Å²) < 4.78 is 50.1. The van der Waals surface area contributed by atoms with Gasteiger partial charge < -0.3 is 19.1 Å². The lowest BCUT2D eigenvalue weighted by atomic mass is 10.0. The van der Waals surface area contributed by atoms with E-state index in [1.165, 1.54) is 4.31 Å². The van der Waals surface area contributed by atoms with Gasteiger partial charge in [0.1, 0.15) is 16.8 Å². The number of fused-ring (bicyclic) bond motifs is 2. The summed E-state index contributed by atoms with van der Waals surface area (Å²) in [6.07, 6.45) is 1.39. The summed E-state index contributed by atoms with van der Waals surface area (Å²) >= 11 is 1.13. The molecule has 0 radical (unpaired) electrons. The quantitative estimate of drug-likeness (QED) is 0.137. The smallest absolute Gasteiger partial charge is 0.496 e. The van der Waals surface area contributed by atoms with Crippen LogP contribution in [0.5, 0.6) is 11.6 Å². The predicted molar refractivity (Wildman–Crippen MR) is 170 cm³/mol. The summed E-state index contributed by atoms with van der Waals surface area (Å²) in [5.74, 6) is 0.678. The Balaban J connectivity index is 1.77. The molecule has 5 aromatic rings. The molecule has 0 bridgehead atoms. The Hall–Kier alpha value is -4.16. The van der Waals surface area contributed by atoms with E-state index in [9.17, 15) is 18.3 Å². The molecule has 0 fully saturated rings. The number of carbonyl (C=O) groups is 1. The Labute approximate surface area is 254 Å². The average molecular weight is 623 g/mol. The van der Waals surface area contributed by atoms with Crippen LogP contribution in [0.2, 0.25) is 0 Å². The van der Waals surface area contributed by atoms with Crippen molar-refractivity contribution in [2.45, 2.75) is 46.1 Å². The van der Waals surface area contributed by atoms with Gasteiger partial charge in [-0.25, -0.2) is 13.2 Å². The van der Waals surface area contributed by atoms with E-state index in [0.29, 0.717) is 52.9 Å². The molecule has 1 N–H and O–H groups in total. The summed E-state index contributed by atoms with van der Waals surface area (Å²) in [6, 6.07) is 18.4. The molecular weight excluding hydrogens is 588 g/mol. The minimum Gasteiger partial charge on any atom is -0.496 e. The van der Waals surface area contributed by atoms with E-state index in [4.69, 9.17) is 9.47 Å². The van der Waals surface area contributed by atoms with Gasteiger partial charge in [-0.3, -0.25) is 4.31 Å². The molecule has 5 rings (SSSR count). The van der Waals surface area contributed by atoms with Crippen molar-refractivity contribution in [2.75, 3.05) is 23.7 Å². The highest BCUT2D eigenvalue weighted by Gasteiger charge is 2.27. The zero-order valence-corrected chi connectivity index (χ0v) is 26.0. The highest BCUT2D eigenvalue weighted by atomic mass is 32.2. The molecule has 0 aliphatic heterocycles. The van der Waals surface area contributed by atoms with Crippen molar-refractivity contribution < 1.29 is 27.8 Å². The number of ether oxygens (including phenoxy) is 2. The fourth-order valence-electron chi connectivity index (χ4n) is 5.21. The number of methoxy groups -OCH3 is 1. The largest absolute Gasteiger partial charge is 0.512 e. The Morgan fingerprint density at radius 1 is 1.00 bits per heavy atom. The first-order valence-corrected chi connectivity index (χ1v) is 16.5. The van der Waals surface area contributed by atoms with Crippen LogP contribution >= 0.6 is 11.7 Å². The maximum atomic E-state index is 13.5. The van der Waals surface area contributed by atoms with Crippen molar-refractivity contribution in [1.29, 1.82) is 0 Å². The average Bonchev–Trinajstić information content (AvgIpc) is 3.58. The van der Waals surface area contributed by atoms with Crippen LogP contribution in [0, 0.1) is 0 Å². The van der Waals surface area contributed by atoms with Crippen LogP contribution in [-0.4, -0.2) is 52.4 Å². The lowest BCUT2D eigenvalue weighted by Crippen LogP contribution is -2.34. The Morgan fingerprint density at radius 2 is 1.77 bits per heavy atom. The maximum absolute atomic E-state index is 13.5. The fourth-order valence-corrected chi connectivity index (χ4v) is 7.44. The van der Waals surface area contributed by atoms with E-state index in [1.807, 2.05) is 62.4 Å². The van der Waals surface area contributed by atoms with Crippen molar-refractivity contribution in [1.82, 2.24) is 13.3 Å². The van der Waals surface area contributed by atoms with E-state index in [2.05, 4.69) is 8.75 Å². The molecule has 0 aliphatic carbocycles. The first kappa shape index (κ1) is 30.3. The van der Waals surface area contributed by atoms with Crippen LogP contribution in [0.4, 0.5) is 10.5 Å². The first-order valence-electron chi connectivity index (χ1n) is 14.2. The molecule has 0 atom stereocenters. The molecule has 0 spiro atoms. The monoisotopic (exact) mass is 622 g/mol. The number of para-hydroxylation sites is 1. The van der Waals surface area contributed by atoms with Gasteiger partial charge in [-0.15, -0.1) is 0 Å². The van der Waals surface area contributed by atoms with Crippen molar-refractivity contribution in [3.63, 3.8) is 0 Å². The van der Waals surface area contributed by atoms with Crippen molar-refractivity contribution in [3.8, 4) is 22.8 Å². The summed E-state index contributed by atoms with van der Waals surface area (Å²) in [4.78, 5) is 12.1.